The molecule has 0 aliphatic heterocycles. The minimum atomic E-state index is -3.84. The molecule has 1 aliphatic rings. The molecule has 6 heteroatoms. The first-order chi connectivity index (χ1) is 7.88. The summed E-state index contributed by atoms with van der Waals surface area (Å²) in [5, 5.41) is 0. The molecule has 0 bridgehead atoms. The van der Waals surface area contributed by atoms with Crippen LogP contribution in [0.3, 0.4) is 0 Å². The Morgan fingerprint density at radius 2 is 1.76 bits per heavy atom. The Morgan fingerprint density at radius 1 is 1.24 bits per heavy atom. The smallest absolute Gasteiger partial charge is 0.208 e. The summed E-state index contributed by atoms with van der Waals surface area (Å²) in [4.78, 5) is -0.373. The van der Waals surface area contributed by atoms with Crippen LogP contribution in [0.25, 0.3) is 0 Å². The Labute approximate surface area is 98.9 Å². The van der Waals surface area contributed by atoms with Gasteiger partial charge in [0, 0.05) is 12.1 Å². The molecule has 1 N–H and O–H groups in total. The highest BCUT2D eigenvalue weighted by atomic mass is 32.2. The third-order valence-electron chi connectivity index (χ3n) is 2.82. The monoisotopic (exact) mass is 261 g/mol. The van der Waals surface area contributed by atoms with Gasteiger partial charge in [0.25, 0.3) is 0 Å². The highest BCUT2D eigenvalue weighted by Gasteiger charge is 2.31. The van der Waals surface area contributed by atoms with Gasteiger partial charge in [0.1, 0.15) is 11.6 Å². The van der Waals surface area contributed by atoms with Crippen LogP contribution < -0.4 is 4.72 Å². The standard InChI is InChI=1S/C11H13F2NO2S/c1-7(8-2-3-8)14-17(15,16)11-5-9(12)4-10(13)6-11/h4-8,14H,2-3H2,1H3/t7-/m1/s1. The van der Waals surface area contributed by atoms with Crippen molar-refractivity contribution in [2.75, 3.05) is 0 Å². The lowest BCUT2D eigenvalue weighted by Gasteiger charge is -2.13. The van der Waals surface area contributed by atoms with Gasteiger partial charge in [0.05, 0.1) is 4.90 Å². The van der Waals surface area contributed by atoms with Gasteiger partial charge in [0.2, 0.25) is 10.0 Å². The van der Waals surface area contributed by atoms with Crippen LogP contribution in [-0.4, -0.2) is 14.5 Å². The third-order valence-corrected chi connectivity index (χ3v) is 4.35. The van der Waals surface area contributed by atoms with Crippen LogP contribution in [0.2, 0.25) is 0 Å². The summed E-state index contributed by atoms with van der Waals surface area (Å²) in [6.07, 6.45) is 1.97. The van der Waals surface area contributed by atoms with E-state index in [0.29, 0.717) is 12.0 Å². The fourth-order valence-electron chi connectivity index (χ4n) is 1.69. The molecule has 1 aromatic rings. The van der Waals surface area contributed by atoms with Gasteiger partial charge >= 0.3 is 0 Å². The number of benzene rings is 1. The molecule has 0 heterocycles. The lowest BCUT2D eigenvalue weighted by molar-refractivity contribution is 0.532. The second kappa shape index (κ2) is 4.34. The van der Waals surface area contributed by atoms with Crippen molar-refractivity contribution in [1.29, 1.82) is 0 Å². The average molecular weight is 261 g/mol. The molecule has 0 unspecified atom stereocenters. The summed E-state index contributed by atoms with van der Waals surface area (Å²) < 4.78 is 52.0. The molecule has 1 aromatic carbocycles. The van der Waals surface area contributed by atoms with Gasteiger partial charge in [-0.25, -0.2) is 21.9 Å². The molecule has 1 saturated carbocycles. The Balaban J connectivity index is 2.24. The van der Waals surface area contributed by atoms with Gasteiger partial charge in [-0.05, 0) is 37.8 Å². The second-order valence-electron chi connectivity index (χ2n) is 4.35. The van der Waals surface area contributed by atoms with E-state index in [1.54, 1.807) is 6.92 Å². The van der Waals surface area contributed by atoms with Crippen LogP contribution in [0.15, 0.2) is 23.1 Å². The van der Waals surface area contributed by atoms with Crippen LogP contribution in [0.5, 0.6) is 0 Å². The van der Waals surface area contributed by atoms with Crippen molar-refractivity contribution in [2.45, 2.75) is 30.7 Å². The van der Waals surface area contributed by atoms with Crippen LogP contribution in [-0.2, 0) is 10.0 Å². The highest BCUT2D eigenvalue weighted by molar-refractivity contribution is 7.89. The first-order valence-corrected chi connectivity index (χ1v) is 6.85. The Bertz CT molecular complexity index is 506. The quantitative estimate of drug-likeness (QED) is 0.901. The zero-order chi connectivity index (χ0) is 12.6. The van der Waals surface area contributed by atoms with Gasteiger partial charge in [-0.2, -0.15) is 0 Å². The normalized spacial score (nSPS) is 18.1. The van der Waals surface area contributed by atoms with E-state index in [9.17, 15) is 17.2 Å². The molecule has 1 atom stereocenters. The number of sulfonamides is 1. The Kier molecular flexibility index (Phi) is 3.18. The highest BCUT2D eigenvalue weighted by Crippen LogP contribution is 2.33. The number of nitrogens with one attached hydrogen (secondary N) is 1. The van der Waals surface area contributed by atoms with Crippen LogP contribution in [0.1, 0.15) is 19.8 Å². The summed E-state index contributed by atoms with van der Waals surface area (Å²) in [5.74, 6) is -1.46. The predicted octanol–water partition coefficient (Wildman–Crippen LogP) is 2.04. The lowest BCUT2D eigenvalue weighted by atomic mass is 10.2. The molecule has 3 nitrogen and oxygen atoms in total. The van der Waals surface area contributed by atoms with E-state index < -0.39 is 21.7 Å². The summed E-state index contributed by atoms with van der Waals surface area (Å²) >= 11 is 0. The van der Waals surface area contributed by atoms with E-state index in [0.717, 1.165) is 25.0 Å². The van der Waals surface area contributed by atoms with Crippen molar-refractivity contribution < 1.29 is 17.2 Å². The summed E-state index contributed by atoms with van der Waals surface area (Å²) in [5.41, 5.74) is 0. The third kappa shape index (κ3) is 3.01. The molecule has 0 aromatic heterocycles. The van der Waals surface area contributed by atoms with Crippen LogP contribution >= 0.6 is 0 Å². The van der Waals surface area contributed by atoms with Crippen LogP contribution in [0.4, 0.5) is 8.78 Å². The molecule has 94 valence electrons. The minimum absolute atomic E-state index is 0.202. The summed E-state index contributed by atoms with van der Waals surface area (Å²) in [6.45, 7) is 1.75. The van der Waals surface area contributed by atoms with E-state index in [4.69, 9.17) is 0 Å². The lowest BCUT2D eigenvalue weighted by Crippen LogP contribution is -2.34. The molecule has 0 amide bonds. The maximum absolute atomic E-state index is 12.9. The SMILES string of the molecule is C[C@@H](NS(=O)(=O)c1cc(F)cc(F)c1)C1CC1. The molecule has 1 fully saturated rings. The van der Waals surface area contributed by atoms with Crippen molar-refractivity contribution in [3.8, 4) is 0 Å². The molecule has 2 rings (SSSR count). The van der Waals surface area contributed by atoms with Crippen molar-refractivity contribution in [2.24, 2.45) is 5.92 Å². The van der Waals surface area contributed by atoms with Gasteiger partial charge in [-0.1, -0.05) is 0 Å². The van der Waals surface area contributed by atoms with Gasteiger partial charge in [0.15, 0.2) is 0 Å². The topological polar surface area (TPSA) is 46.2 Å². The van der Waals surface area contributed by atoms with E-state index in [1.165, 1.54) is 0 Å². The van der Waals surface area contributed by atoms with Crippen molar-refractivity contribution in [3.05, 3.63) is 29.8 Å². The molecule has 0 saturated heterocycles. The predicted molar refractivity (Wildman–Crippen MR) is 58.9 cm³/mol. The second-order valence-corrected chi connectivity index (χ2v) is 6.07. The van der Waals surface area contributed by atoms with Gasteiger partial charge in [-0.15, -0.1) is 0 Å². The Morgan fingerprint density at radius 3 is 2.24 bits per heavy atom. The first-order valence-electron chi connectivity index (χ1n) is 5.37. The largest absolute Gasteiger partial charge is 0.241 e. The maximum Gasteiger partial charge on any atom is 0.241 e. The van der Waals surface area contributed by atoms with Crippen molar-refractivity contribution in [1.82, 2.24) is 4.72 Å². The number of halogens is 2. The fourth-order valence-corrected chi connectivity index (χ4v) is 3.04. The number of rotatable bonds is 4. The average Bonchev–Trinajstić information content (AvgIpc) is 2.97. The van der Waals surface area contributed by atoms with Gasteiger partial charge in [-0.3, -0.25) is 0 Å². The van der Waals surface area contributed by atoms with E-state index in [-0.39, 0.29) is 10.9 Å². The zero-order valence-corrected chi connectivity index (χ0v) is 10.1. The maximum atomic E-state index is 12.9. The molecule has 1 aliphatic carbocycles. The minimum Gasteiger partial charge on any atom is -0.208 e. The van der Waals surface area contributed by atoms with Crippen molar-refractivity contribution in [3.63, 3.8) is 0 Å². The molecule has 0 radical (unpaired) electrons. The molecule has 0 spiro atoms. The molecular formula is C11H13F2NO2S. The van der Waals surface area contributed by atoms with Crippen molar-refractivity contribution >= 4 is 10.0 Å². The summed E-state index contributed by atoms with van der Waals surface area (Å²) in [7, 11) is -3.84. The van der Waals surface area contributed by atoms with Crippen LogP contribution in [0, 0.1) is 17.6 Å². The number of hydrogen-bond acceptors (Lipinski definition) is 2. The fraction of sp³-hybridized carbons (Fsp3) is 0.455. The van der Waals surface area contributed by atoms with E-state index in [2.05, 4.69) is 4.72 Å². The Hall–Kier alpha value is -1.01. The zero-order valence-electron chi connectivity index (χ0n) is 9.28. The first kappa shape index (κ1) is 12.4. The van der Waals surface area contributed by atoms with E-state index >= 15 is 0 Å². The molecular weight excluding hydrogens is 248 g/mol. The van der Waals surface area contributed by atoms with Gasteiger partial charge < -0.3 is 0 Å². The summed E-state index contributed by atoms with van der Waals surface area (Å²) in [6, 6.07) is 2.06. The molecule has 17 heavy (non-hydrogen) atoms. The van der Waals surface area contributed by atoms with E-state index in [1.807, 2.05) is 0 Å². The number of hydrogen-bond donors (Lipinski definition) is 1.